The van der Waals surface area contributed by atoms with E-state index >= 15 is 0 Å². The maximum absolute atomic E-state index is 14.4. The molecule has 0 fully saturated rings. The predicted octanol–water partition coefficient (Wildman–Crippen LogP) is 2.94. The second kappa shape index (κ2) is 7.11. The Morgan fingerprint density at radius 2 is 1.92 bits per heavy atom. The summed E-state index contributed by atoms with van der Waals surface area (Å²) in [6.45, 7) is 3.35. The Kier molecular flexibility index (Phi) is 5.08. The quantitative estimate of drug-likeness (QED) is 0.831. The molecule has 0 bridgehead atoms. The molecule has 0 unspecified atom stereocenters. The van der Waals surface area contributed by atoms with Gasteiger partial charge >= 0.3 is 10.2 Å². The second-order valence-corrected chi connectivity index (χ2v) is 7.92. The molecule has 1 heterocycles. The minimum atomic E-state index is -3.85. The number of anilines is 2. The summed E-state index contributed by atoms with van der Waals surface area (Å²) in [6.07, 6.45) is 0.683. The van der Waals surface area contributed by atoms with E-state index < -0.39 is 16.0 Å². The van der Waals surface area contributed by atoms with E-state index in [1.807, 2.05) is 26.1 Å². The molecule has 1 aliphatic heterocycles. The Hall–Kier alpha value is -1.96. The number of fused-ring (bicyclic) bond motifs is 1. The van der Waals surface area contributed by atoms with Crippen LogP contribution in [0.4, 0.5) is 15.8 Å². The molecule has 134 valence electrons. The van der Waals surface area contributed by atoms with Gasteiger partial charge in [0.2, 0.25) is 0 Å². The molecule has 7 heteroatoms. The molecule has 3 rings (SSSR count). The first kappa shape index (κ1) is 17.8. The van der Waals surface area contributed by atoms with Crippen molar-refractivity contribution in [1.82, 2.24) is 9.62 Å². The zero-order chi connectivity index (χ0) is 18.0. The van der Waals surface area contributed by atoms with Crippen molar-refractivity contribution in [3.63, 3.8) is 0 Å². The summed E-state index contributed by atoms with van der Waals surface area (Å²) in [7, 11) is -2.02. The lowest BCUT2D eigenvalue weighted by Gasteiger charge is -2.37. The standard InChI is InChI=1S/C18H22FN3O2S/c1-14-8-9-17-15(12-14)13-21(11-5-10-20-2)25(23,24)22(17)18-7-4-3-6-16(18)19/h3-4,6-9,12,20H,5,10-11,13H2,1-2H3. The minimum absolute atomic E-state index is 0.0471. The normalized spacial score (nSPS) is 16.7. The van der Waals surface area contributed by atoms with Gasteiger partial charge in [-0.1, -0.05) is 29.8 Å². The van der Waals surface area contributed by atoms with E-state index in [-0.39, 0.29) is 5.69 Å². The number of nitrogens with zero attached hydrogens (tertiary/aromatic N) is 2. The molecule has 0 aliphatic carbocycles. The van der Waals surface area contributed by atoms with Gasteiger partial charge in [0.25, 0.3) is 0 Å². The highest BCUT2D eigenvalue weighted by molar-refractivity contribution is 7.90. The summed E-state index contributed by atoms with van der Waals surface area (Å²) >= 11 is 0. The molecule has 0 atom stereocenters. The first-order chi connectivity index (χ1) is 11.9. The lowest BCUT2D eigenvalue weighted by molar-refractivity contribution is 0.391. The van der Waals surface area contributed by atoms with E-state index in [0.29, 0.717) is 31.7 Å². The summed E-state index contributed by atoms with van der Waals surface area (Å²) in [5, 5.41) is 3.02. The molecule has 2 aromatic rings. The van der Waals surface area contributed by atoms with Crippen molar-refractivity contribution in [2.75, 3.05) is 24.4 Å². The van der Waals surface area contributed by atoms with Crippen LogP contribution in [0.15, 0.2) is 42.5 Å². The van der Waals surface area contributed by atoms with Crippen LogP contribution in [0.2, 0.25) is 0 Å². The van der Waals surface area contributed by atoms with Crippen molar-refractivity contribution >= 4 is 21.6 Å². The number of hydrogen-bond donors (Lipinski definition) is 1. The Morgan fingerprint density at radius 1 is 1.16 bits per heavy atom. The van der Waals surface area contributed by atoms with Crippen LogP contribution >= 0.6 is 0 Å². The van der Waals surface area contributed by atoms with E-state index in [1.54, 1.807) is 18.2 Å². The molecule has 0 saturated carbocycles. The van der Waals surface area contributed by atoms with Crippen molar-refractivity contribution in [3.8, 4) is 0 Å². The van der Waals surface area contributed by atoms with Gasteiger partial charge in [0.15, 0.2) is 0 Å². The van der Waals surface area contributed by atoms with Gasteiger partial charge in [-0.05, 0) is 50.7 Å². The highest BCUT2D eigenvalue weighted by Gasteiger charge is 2.38. The van der Waals surface area contributed by atoms with Gasteiger partial charge in [-0.2, -0.15) is 12.7 Å². The van der Waals surface area contributed by atoms with E-state index in [0.717, 1.165) is 15.4 Å². The number of hydrogen-bond acceptors (Lipinski definition) is 3. The Balaban J connectivity index is 2.12. The molecule has 0 amide bonds. The molecule has 0 aromatic heterocycles. The number of para-hydroxylation sites is 1. The number of benzene rings is 2. The average molecular weight is 363 g/mol. The van der Waals surface area contributed by atoms with Crippen molar-refractivity contribution in [3.05, 3.63) is 59.4 Å². The third kappa shape index (κ3) is 3.40. The Morgan fingerprint density at radius 3 is 2.64 bits per heavy atom. The lowest BCUT2D eigenvalue weighted by Crippen LogP contribution is -2.46. The molecule has 1 aliphatic rings. The number of rotatable bonds is 5. The lowest BCUT2D eigenvalue weighted by atomic mass is 10.1. The van der Waals surface area contributed by atoms with Crippen molar-refractivity contribution in [2.45, 2.75) is 19.9 Å². The molecule has 0 radical (unpaired) electrons. The molecule has 1 N–H and O–H groups in total. The number of nitrogens with one attached hydrogen (secondary N) is 1. The van der Waals surface area contributed by atoms with Crippen LogP contribution in [0.3, 0.4) is 0 Å². The SMILES string of the molecule is CNCCCN1Cc2cc(C)ccc2N(c2ccccc2F)S1(=O)=O. The predicted molar refractivity (Wildman–Crippen MR) is 97.6 cm³/mol. The molecule has 5 nitrogen and oxygen atoms in total. The first-order valence-electron chi connectivity index (χ1n) is 8.24. The van der Waals surface area contributed by atoms with Crippen LogP contribution in [0.25, 0.3) is 0 Å². The van der Waals surface area contributed by atoms with Crippen molar-refractivity contribution in [2.24, 2.45) is 0 Å². The summed E-state index contributed by atoms with van der Waals surface area (Å²) in [4.78, 5) is 0. The molecule has 25 heavy (non-hydrogen) atoms. The third-order valence-electron chi connectivity index (χ3n) is 4.26. The van der Waals surface area contributed by atoms with Crippen molar-refractivity contribution < 1.29 is 12.8 Å². The van der Waals surface area contributed by atoms with Gasteiger partial charge < -0.3 is 5.32 Å². The summed E-state index contributed by atoms with van der Waals surface area (Å²) in [5.74, 6) is -0.560. The van der Waals surface area contributed by atoms with E-state index in [4.69, 9.17) is 0 Å². The Labute approximate surface area is 148 Å². The average Bonchev–Trinajstić information content (AvgIpc) is 2.57. The van der Waals surface area contributed by atoms with E-state index in [1.165, 1.54) is 16.4 Å². The van der Waals surface area contributed by atoms with Crippen LogP contribution in [0.1, 0.15) is 17.5 Å². The van der Waals surface area contributed by atoms with E-state index in [9.17, 15) is 12.8 Å². The van der Waals surface area contributed by atoms with Gasteiger partial charge in [0, 0.05) is 13.1 Å². The summed E-state index contributed by atoms with van der Waals surface area (Å²) in [6, 6.07) is 11.5. The monoisotopic (exact) mass is 363 g/mol. The fourth-order valence-corrected chi connectivity index (χ4v) is 4.76. The fourth-order valence-electron chi connectivity index (χ4n) is 3.05. The number of aryl methyl sites for hydroxylation is 1. The zero-order valence-corrected chi connectivity index (χ0v) is 15.2. The smallest absolute Gasteiger partial charge is 0.308 e. The van der Waals surface area contributed by atoms with Gasteiger partial charge in [-0.15, -0.1) is 0 Å². The molecule has 0 saturated heterocycles. The Bertz CT molecular complexity index is 870. The van der Waals surface area contributed by atoms with E-state index in [2.05, 4.69) is 5.32 Å². The van der Waals surface area contributed by atoms with Crippen LogP contribution in [0, 0.1) is 12.7 Å². The molecule has 0 spiro atoms. The largest absolute Gasteiger partial charge is 0.320 e. The fraction of sp³-hybridized carbons (Fsp3) is 0.333. The minimum Gasteiger partial charge on any atom is -0.320 e. The van der Waals surface area contributed by atoms with Gasteiger partial charge in [-0.3, -0.25) is 0 Å². The maximum atomic E-state index is 14.4. The summed E-state index contributed by atoms with van der Waals surface area (Å²) in [5.41, 5.74) is 2.48. The second-order valence-electron chi connectivity index (χ2n) is 6.15. The van der Waals surface area contributed by atoms with Crippen LogP contribution in [0.5, 0.6) is 0 Å². The zero-order valence-electron chi connectivity index (χ0n) is 14.4. The first-order valence-corrected chi connectivity index (χ1v) is 9.64. The third-order valence-corrected chi connectivity index (χ3v) is 6.08. The number of halogens is 1. The summed E-state index contributed by atoms with van der Waals surface area (Å²) < 4.78 is 43.3. The van der Waals surface area contributed by atoms with Crippen LogP contribution in [-0.4, -0.2) is 32.9 Å². The maximum Gasteiger partial charge on any atom is 0.308 e. The highest BCUT2D eigenvalue weighted by Crippen LogP contribution is 2.39. The van der Waals surface area contributed by atoms with Crippen LogP contribution in [-0.2, 0) is 16.8 Å². The van der Waals surface area contributed by atoms with Crippen molar-refractivity contribution in [1.29, 1.82) is 0 Å². The topological polar surface area (TPSA) is 52.6 Å². The molecular weight excluding hydrogens is 341 g/mol. The van der Waals surface area contributed by atoms with Gasteiger partial charge in [0.1, 0.15) is 5.82 Å². The molecular formula is C18H22FN3O2S. The highest BCUT2D eigenvalue weighted by atomic mass is 32.2. The van der Waals surface area contributed by atoms with Gasteiger partial charge in [0.05, 0.1) is 11.4 Å². The van der Waals surface area contributed by atoms with Gasteiger partial charge in [-0.25, -0.2) is 8.70 Å². The molecule has 2 aromatic carbocycles. The van der Waals surface area contributed by atoms with Crippen LogP contribution < -0.4 is 9.62 Å².